The maximum absolute atomic E-state index is 8.33. The standard InChI is InChI=1S/2CH2O3.Ba.Mn/c2*2-1(3)4;;/h2*(H2,2,3,4);;/q;;2*+2/p-4. The van der Waals surface area contributed by atoms with Crippen LogP contribution in [0.2, 0.25) is 0 Å². The van der Waals surface area contributed by atoms with Crippen molar-refractivity contribution in [2.45, 2.75) is 0 Å². The molecule has 0 N–H and O–H groups in total. The van der Waals surface area contributed by atoms with Gasteiger partial charge in [0.25, 0.3) is 0 Å². The van der Waals surface area contributed by atoms with Crippen LogP contribution in [0.1, 0.15) is 0 Å². The molecular weight excluding hydrogens is 312 g/mol. The van der Waals surface area contributed by atoms with Crippen molar-refractivity contribution in [2.75, 3.05) is 0 Å². The number of hydrogen-bond acceptors (Lipinski definition) is 6. The van der Waals surface area contributed by atoms with E-state index in [0.29, 0.717) is 0 Å². The summed E-state index contributed by atoms with van der Waals surface area (Å²) in [6.07, 6.45) is -4.67. The van der Waals surface area contributed by atoms with E-state index in [-0.39, 0.29) is 65.9 Å². The van der Waals surface area contributed by atoms with Gasteiger partial charge in [-0.3, -0.25) is 0 Å². The van der Waals surface area contributed by atoms with E-state index in [1.54, 1.807) is 0 Å². The van der Waals surface area contributed by atoms with Crippen LogP contribution in [0.4, 0.5) is 9.59 Å². The second kappa shape index (κ2) is 16.3. The molecule has 53 valence electrons. The van der Waals surface area contributed by atoms with Gasteiger partial charge in [-0.05, 0) is 12.3 Å². The van der Waals surface area contributed by atoms with Gasteiger partial charge >= 0.3 is 65.9 Å². The zero-order valence-corrected chi connectivity index (χ0v) is 10.2. The minimum atomic E-state index is -2.33. The summed E-state index contributed by atoms with van der Waals surface area (Å²) in [4.78, 5) is 16.7. The summed E-state index contributed by atoms with van der Waals surface area (Å²) in [6.45, 7) is 0. The van der Waals surface area contributed by atoms with Crippen LogP contribution in [0.25, 0.3) is 0 Å². The summed E-state index contributed by atoms with van der Waals surface area (Å²) in [5, 5.41) is 33.3. The zero-order chi connectivity index (χ0) is 7.15. The molecule has 0 saturated carbocycles. The zero-order valence-electron chi connectivity index (χ0n) is 4.53. The molecule has 0 unspecified atom stereocenters. The fraction of sp³-hybridized carbons (Fsp3) is 0. The summed E-state index contributed by atoms with van der Waals surface area (Å²) in [6, 6.07) is 0. The van der Waals surface area contributed by atoms with Crippen LogP contribution < -0.4 is 20.4 Å². The smallest absolute Gasteiger partial charge is 0.652 e. The Balaban J connectivity index is -0.0000000300. The molecule has 0 aromatic rings. The normalized spacial score (nSPS) is 4.80. The van der Waals surface area contributed by atoms with Gasteiger partial charge in [-0.25, -0.2) is 0 Å². The van der Waals surface area contributed by atoms with E-state index >= 15 is 0 Å². The molecule has 0 rings (SSSR count). The molecule has 0 spiro atoms. The van der Waals surface area contributed by atoms with Crippen molar-refractivity contribution < 1.29 is 47.1 Å². The fourth-order valence-electron chi connectivity index (χ4n) is 0. The number of carboxylic acid groups (broad SMARTS) is 4. The molecule has 10 heavy (non-hydrogen) atoms. The molecule has 0 heterocycles. The first kappa shape index (κ1) is 22.4. The average Bonchev–Trinajstić information content (AvgIpc) is 1.25. The van der Waals surface area contributed by atoms with E-state index in [9.17, 15) is 0 Å². The predicted octanol–water partition coefficient (Wildman–Crippen LogP) is -5.28. The number of hydrogen-bond donors (Lipinski definition) is 0. The molecule has 8 heteroatoms. The van der Waals surface area contributed by atoms with Crippen LogP contribution in [0.15, 0.2) is 0 Å². The Labute approximate surface area is 107 Å². The van der Waals surface area contributed by atoms with Crippen LogP contribution in [-0.2, 0) is 17.1 Å². The fourth-order valence-corrected chi connectivity index (χ4v) is 0. The first-order valence-corrected chi connectivity index (χ1v) is 1.22. The first-order valence-electron chi connectivity index (χ1n) is 1.22. The summed E-state index contributed by atoms with van der Waals surface area (Å²) in [5.74, 6) is 0. The van der Waals surface area contributed by atoms with Crippen LogP contribution >= 0.6 is 0 Å². The number of carbonyl (C=O) groups excluding carboxylic acids is 2. The van der Waals surface area contributed by atoms with Crippen molar-refractivity contribution in [3.05, 3.63) is 0 Å². The molecule has 0 amide bonds. The van der Waals surface area contributed by atoms with Gasteiger partial charge in [-0.1, -0.05) is 0 Å². The van der Waals surface area contributed by atoms with Gasteiger partial charge < -0.3 is 30.0 Å². The second-order valence-electron chi connectivity index (χ2n) is 0.500. The Morgan fingerprint density at radius 2 is 0.800 bits per heavy atom. The van der Waals surface area contributed by atoms with Crippen LogP contribution in [0, 0.1) is 0 Å². The van der Waals surface area contributed by atoms with Gasteiger partial charge in [0.15, 0.2) is 0 Å². The molecule has 0 atom stereocenters. The Kier molecular flexibility index (Phi) is 36.6. The van der Waals surface area contributed by atoms with E-state index in [1.165, 1.54) is 0 Å². The molecule has 1 radical (unpaired) electrons. The van der Waals surface area contributed by atoms with Crippen molar-refractivity contribution in [1.29, 1.82) is 0 Å². The Bertz CT molecular complexity index is 73.7. The van der Waals surface area contributed by atoms with Gasteiger partial charge in [0.1, 0.15) is 0 Å². The Morgan fingerprint density at radius 1 is 0.800 bits per heavy atom. The van der Waals surface area contributed by atoms with Crippen molar-refractivity contribution in [3.63, 3.8) is 0 Å². The van der Waals surface area contributed by atoms with E-state index < -0.39 is 12.3 Å². The van der Waals surface area contributed by atoms with Gasteiger partial charge in [0.2, 0.25) is 0 Å². The topological polar surface area (TPSA) is 126 Å². The van der Waals surface area contributed by atoms with E-state index in [2.05, 4.69) is 0 Å². The van der Waals surface area contributed by atoms with E-state index in [4.69, 9.17) is 30.0 Å². The molecular formula is C2BaMnO6. The molecule has 0 saturated heterocycles. The van der Waals surface area contributed by atoms with Gasteiger partial charge in [-0.2, -0.15) is 0 Å². The van der Waals surface area contributed by atoms with Crippen molar-refractivity contribution in [3.8, 4) is 0 Å². The quantitative estimate of drug-likeness (QED) is 0.411. The minimum absolute atomic E-state index is 0. The second-order valence-corrected chi connectivity index (χ2v) is 0.500. The van der Waals surface area contributed by atoms with Gasteiger partial charge in [0, 0.05) is 0 Å². The van der Waals surface area contributed by atoms with Crippen molar-refractivity contribution in [1.82, 2.24) is 0 Å². The molecule has 0 aromatic heterocycles. The summed E-state index contributed by atoms with van der Waals surface area (Å²) >= 11 is 0. The molecule has 0 aromatic carbocycles. The minimum Gasteiger partial charge on any atom is -0.652 e. The monoisotopic (exact) mass is 313 g/mol. The van der Waals surface area contributed by atoms with Gasteiger partial charge in [-0.15, -0.1) is 0 Å². The van der Waals surface area contributed by atoms with E-state index in [1.807, 2.05) is 0 Å². The third kappa shape index (κ3) is 1260. The third-order valence-electron chi connectivity index (χ3n) is 0. The third-order valence-corrected chi connectivity index (χ3v) is 0. The summed E-state index contributed by atoms with van der Waals surface area (Å²) < 4.78 is 0. The predicted molar refractivity (Wildman–Crippen MR) is 16.5 cm³/mol. The van der Waals surface area contributed by atoms with Crippen LogP contribution in [-0.4, -0.2) is 61.2 Å². The maximum atomic E-state index is 8.33. The van der Waals surface area contributed by atoms with E-state index in [0.717, 1.165) is 0 Å². The Morgan fingerprint density at radius 3 is 0.800 bits per heavy atom. The van der Waals surface area contributed by atoms with Gasteiger partial charge in [0.05, 0.1) is 0 Å². The van der Waals surface area contributed by atoms with Crippen LogP contribution in [0.3, 0.4) is 0 Å². The molecule has 0 aliphatic heterocycles. The largest absolute Gasteiger partial charge is 2.00 e. The summed E-state index contributed by atoms with van der Waals surface area (Å²) in [7, 11) is 0. The maximum Gasteiger partial charge on any atom is 2.00 e. The SMILES string of the molecule is O=C([O-])[O-].O=C([O-])[O-].[Ba+2].[Mn+2]. The number of carbonyl (C=O) groups is 2. The van der Waals surface area contributed by atoms with Crippen molar-refractivity contribution >= 4 is 61.2 Å². The Hall–Kier alpha value is 0.631. The average molecular weight is 312 g/mol. The van der Waals surface area contributed by atoms with Crippen molar-refractivity contribution in [2.24, 2.45) is 0 Å². The molecule has 6 nitrogen and oxygen atoms in total. The first-order chi connectivity index (χ1) is 3.46. The summed E-state index contributed by atoms with van der Waals surface area (Å²) in [5.41, 5.74) is 0. The number of rotatable bonds is 0. The molecule has 0 aliphatic carbocycles. The molecule has 0 fully saturated rings. The van der Waals surface area contributed by atoms with Crippen LogP contribution in [0.5, 0.6) is 0 Å². The molecule has 0 bridgehead atoms. The molecule has 0 aliphatic rings.